The molecular weight excluding hydrogens is 226 g/mol. The molecule has 0 bridgehead atoms. The van der Waals surface area contributed by atoms with Gasteiger partial charge in [0.2, 0.25) is 0 Å². The van der Waals surface area contributed by atoms with E-state index in [4.69, 9.17) is 10.5 Å². The molecule has 0 aliphatic carbocycles. The predicted molar refractivity (Wildman–Crippen MR) is 63.3 cm³/mol. The molecule has 0 saturated heterocycles. The van der Waals surface area contributed by atoms with Crippen molar-refractivity contribution in [1.29, 1.82) is 0 Å². The van der Waals surface area contributed by atoms with Gasteiger partial charge in [-0.15, -0.1) is 0 Å². The number of nitrogens with two attached hydrogens (primary N) is 1. The van der Waals surface area contributed by atoms with Crippen molar-refractivity contribution in [2.75, 3.05) is 13.4 Å². The van der Waals surface area contributed by atoms with Crippen LogP contribution in [-0.2, 0) is 15.4 Å². The van der Waals surface area contributed by atoms with Gasteiger partial charge < -0.3 is 10.5 Å². The Kier molecular flexibility index (Phi) is 3.30. The number of rotatable bonds is 3. The molecule has 90 valence electrons. The third-order valence-electron chi connectivity index (χ3n) is 2.29. The molecule has 1 aromatic carbocycles. The van der Waals surface area contributed by atoms with E-state index in [-0.39, 0.29) is 4.90 Å². The lowest BCUT2D eigenvalue weighted by Gasteiger charge is -2.22. The van der Waals surface area contributed by atoms with Crippen LogP contribution in [-0.4, -0.2) is 21.8 Å². The fourth-order valence-electron chi connectivity index (χ4n) is 1.42. The summed E-state index contributed by atoms with van der Waals surface area (Å²) in [5, 5.41) is 0. The van der Waals surface area contributed by atoms with Gasteiger partial charge in [0.1, 0.15) is 5.75 Å². The maximum absolute atomic E-state index is 11.4. The molecule has 0 aromatic heterocycles. The van der Waals surface area contributed by atoms with E-state index >= 15 is 0 Å². The summed E-state index contributed by atoms with van der Waals surface area (Å²) in [6, 6.07) is 4.71. The van der Waals surface area contributed by atoms with E-state index in [9.17, 15) is 8.42 Å². The molecule has 0 amide bonds. The summed E-state index contributed by atoms with van der Waals surface area (Å²) in [7, 11) is -1.69. The third-order valence-corrected chi connectivity index (χ3v) is 3.40. The molecule has 1 aromatic rings. The smallest absolute Gasteiger partial charge is 0.175 e. The minimum absolute atomic E-state index is 0.252. The van der Waals surface area contributed by atoms with Crippen molar-refractivity contribution in [3.63, 3.8) is 0 Å². The van der Waals surface area contributed by atoms with Gasteiger partial charge in [-0.1, -0.05) is 0 Å². The van der Waals surface area contributed by atoms with Crippen LogP contribution in [0, 0.1) is 0 Å². The molecule has 5 heteroatoms. The predicted octanol–water partition coefficient (Wildman–Crippen LogP) is 1.29. The van der Waals surface area contributed by atoms with Crippen LogP contribution in [0.2, 0.25) is 0 Å². The van der Waals surface area contributed by atoms with Crippen molar-refractivity contribution >= 4 is 9.84 Å². The molecule has 0 aliphatic rings. The lowest BCUT2D eigenvalue weighted by Crippen LogP contribution is -2.29. The first-order valence-corrected chi connectivity index (χ1v) is 6.73. The lowest BCUT2D eigenvalue weighted by molar-refractivity contribution is 0.394. The summed E-state index contributed by atoms with van der Waals surface area (Å²) in [6.07, 6.45) is 1.17. The highest BCUT2D eigenvalue weighted by molar-refractivity contribution is 7.90. The number of hydrogen-bond donors (Lipinski definition) is 1. The molecule has 2 N–H and O–H groups in total. The largest absolute Gasteiger partial charge is 0.496 e. The number of methoxy groups -OCH3 is 1. The Morgan fingerprint density at radius 2 is 1.88 bits per heavy atom. The molecule has 0 radical (unpaired) electrons. The quantitative estimate of drug-likeness (QED) is 0.868. The van der Waals surface area contributed by atoms with Gasteiger partial charge in [-0.2, -0.15) is 0 Å². The maximum atomic E-state index is 11.4. The van der Waals surface area contributed by atoms with Gasteiger partial charge in [0.05, 0.1) is 12.0 Å². The lowest BCUT2D eigenvalue weighted by atomic mass is 9.95. The van der Waals surface area contributed by atoms with Crippen LogP contribution in [0.3, 0.4) is 0 Å². The molecule has 0 spiro atoms. The molecule has 0 aliphatic heterocycles. The van der Waals surface area contributed by atoms with Crippen LogP contribution in [0.4, 0.5) is 0 Å². The normalized spacial score (nSPS) is 12.6. The van der Waals surface area contributed by atoms with Crippen LogP contribution in [0.1, 0.15) is 19.4 Å². The first kappa shape index (κ1) is 13.0. The Hall–Kier alpha value is -1.07. The molecule has 0 unspecified atom stereocenters. The van der Waals surface area contributed by atoms with Crippen LogP contribution in [0.5, 0.6) is 5.75 Å². The van der Waals surface area contributed by atoms with Crippen LogP contribution in [0.15, 0.2) is 23.1 Å². The third kappa shape index (κ3) is 2.74. The van der Waals surface area contributed by atoms with Crippen LogP contribution < -0.4 is 10.5 Å². The SMILES string of the molecule is COc1ccc(S(C)(=O)=O)cc1C(C)(C)N. The summed E-state index contributed by atoms with van der Waals surface area (Å²) in [4.78, 5) is 0.252. The Morgan fingerprint density at radius 3 is 2.25 bits per heavy atom. The minimum Gasteiger partial charge on any atom is -0.496 e. The maximum Gasteiger partial charge on any atom is 0.175 e. The van der Waals surface area contributed by atoms with E-state index in [2.05, 4.69) is 0 Å². The average Bonchev–Trinajstić information content (AvgIpc) is 2.14. The first-order valence-electron chi connectivity index (χ1n) is 4.83. The van der Waals surface area contributed by atoms with E-state index in [1.54, 1.807) is 26.0 Å². The highest BCUT2D eigenvalue weighted by Gasteiger charge is 2.21. The van der Waals surface area contributed by atoms with Crippen molar-refractivity contribution in [1.82, 2.24) is 0 Å². The number of benzene rings is 1. The molecule has 16 heavy (non-hydrogen) atoms. The van der Waals surface area contributed by atoms with Gasteiger partial charge in [0.25, 0.3) is 0 Å². The van der Waals surface area contributed by atoms with Crippen molar-refractivity contribution in [3.05, 3.63) is 23.8 Å². The van der Waals surface area contributed by atoms with Crippen molar-refractivity contribution in [3.8, 4) is 5.75 Å². The molecule has 0 heterocycles. The fraction of sp³-hybridized carbons (Fsp3) is 0.455. The van der Waals surface area contributed by atoms with Gasteiger partial charge in [-0.25, -0.2) is 8.42 Å². The van der Waals surface area contributed by atoms with E-state index in [0.29, 0.717) is 11.3 Å². The standard InChI is InChI=1S/C11H17NO3S/c1-11(2,12)9-7-8(16(4,13)14)5-6-10(9)15-3/h5-7H,12H2,1-4H3. The molecule has 0 saturated carbocycles. The summed E-state index contributed by atoms with van der Waals surface area (Å²) < 4.78 is 28.0. The number of sulfone groups is 1. The number of hydrogen-bond acceptors (Lipinski definition) is 4. The molecule has 4 nitrogen and oxygen atoms in total. The second kappa shape index (κ2) is 4.07. The molecule has 1 rings (SSSR count). The van der Waals surface area contributed by atoms with Crippen molar-refractivity contribution < 1.29 is 13.2 Å². The molecule has 0 atom stereocenters. The summed E-state index contributed by atoms with van der Waals surface area (Å²) in [5.74, 6) is 0.597. The van der Waals surface area contributed by atoms with Gasteiger partial charge in [0, 0.05) is 17.4 Å². The molecule has 0 fully saturated rings. The fourth-order valence-corrected chi connectivity index (χ4v) is 2.07. The van der Waals surface area contributed by atoms with Crippen LogP contribution >= 0.6 is 0 Å². The summed E-state index contributed by atoms with van der Waals surface area (Å²) >= 11 is 0. The van der Waals surface area contributed by atoms with Gasteiger partial charge >= 0.3 is 0 Å². The van der Waals surface area contributed by atoms with E-state index < -0.39 is 15.4 Å². The zero-order chi connectivity index (χ0) is 12.6. The van der Waals surface area contributed by atoms with E-state index in [0.717, 1.165) is 0 Å². The highest BCUT2D eigenvalue weighted by atomic mass is 32.2. The Bertz CT molecular complexity index is 486. The minimum atomic E-state index is -3.22. The monoisotopic (exact) mass is 243 g/mol. The second-order valence-electron chi connectivity index (χ2n) is 4.36. The molecular formula is C11H17NO3S. The topological polar surface area (TPSA) is 69.4 Å². The second-order valence-corrected chi connectivity index (χ2v) is 6.37. The van der Waals surface area contributed by atoms with Crippen LogP contribution in [0.25, 0.3) is 0 Å². The average molecular weight is 243 g/mol. The van der Waals surface area contributed by atoms with Gasteiger partial charge in [-0.3, -0.25) is 0 Å². The zero-order valence-corrected chi connectivity index (χ0v) is 10.8. The number of ether oxygens (including phenoxy) is 1. The van der Waals surface area contributed by atoms with Gasteiger partial charge in [-0.05, 0) is 32.0 Å². The van der Waals surface area contributed by atoms with E-state index in [1.165, 1.54) is 19.4 Å². The van der Waals surface area contributed by atoms with Crippen molar-refractivity contribution in [2.24, 2.45) is 5.73 Å². The summed E-state index contributed by atoms with van der Waals surface area (Å²) in [5.41, 5.74) is 6.00. The Labute approximate surface area is 96.3 Å². The summed E-state index contributed by atoms with van der Waals surface area (Å²) in [6.45, 7) is 3.60. The first-order chi connectivity index (χ1) is 7.16. The Morgan fingerprint density at radius 1 is 1.31 bits per heavy atom. The van der Waals surface area contributed by atoms with E-state index in [1.807, 2.05) is 0 Å². The van der Waals surface area contributed by atoms with Gasteiger partial charge in [0.15, 0.2) is 9.84 Å². The highest BCUT2D eigenvalue weighted by Crippen LogP contribution is 2.30. The zero-order valence-electron chi connectivity index (χ0n) is 9.94. The Balaban J connectivity index is 3.45. The van der Waals surface area contributed by atoms with Crippen molar-refractivity contribution in [2.45, 2.75) is 24.3 Å².